The number of piperidine rings is 1. The van der Waals surface area contributed by atoms with Crippen molar-refractivity contribution in [2.24, 2.45) is 24.6 Å². The van der Waals surface area contributed by atoms with Gasteiger partial charge in [0, 0.05) is 25.7 Å². The van der Waals surface area contributed by atoms with E-state index in [0.29, 0.717) is 22.5 Å². The monoisotopic (exact) mass is 452 g/mol. The minimum atomic E-state index is -0.668. The first-order valence-corrected chi connectivity index (χ1v) is 11.1. The van der Waals surface area contributed by atoms with E-state index in [1.165, 1.54) is 6.42 Å². The third-order valence-corrected chi connectivity index (χ3v) is 6.74. The Bertz CT molecular complexity index is 1310. The van der Waals surface area contributed by atoms with Crippen molar-refractivity contribution in [2.75, 3.05) is 23.3 Å². The molecule has 3 atom stereocenters. The number of anilines is 2. The number of primary amides is 1. The molecule has 3 N–H and O–H groups in total. The molecule has 1 aliphatic heterocycles. The molecule has 3 heterocycles. The Morgan fingerprint density at radius 2 is 1.97 bits per heavy atom. The lowest BCUT2D eigenvalue weighted by Gasteiger charge is -2.24. The normalized spacial score (nSPS) is 20.3. The van der Waals surface area contributed by atoms with Crippen molar-refractivity contribution in [1.29, 1.82) is 0 Å². The molecule has 166 valence electrons. The van der Waals surface area contributed by atoms with Crippen molar-refractivity contribution in [3.63, 3.8) is 0 Å². The SMILES string of the molecule is Cc1cc([C@H](C)Nc2ccc(Cl)nc2C(N)=O)c2nc(N3CC4CC4C3)n(C)c(=O)c2c1. The first kappa shape index (κ1) is 20.8. The van der Waals surface area contributed by atoms with Crippen LogP contribution in [0.3, 0.4) is 0 Å². The fourth-order valence-corrected chi connectivity index (χ4v) is 4.91. The number of amides is 1. The van der Waals surface area contributed by atoms with Gasteiger partial charge < -0.3 is 16.0 Å². The molecule has 9 heteroatoms. The molecule has 5 rings (SSSR count). The van der Waals surface area contributed by atoms with E-state index in [9.17, 15) is 9.59 Å². The van der Waals surface area contributed by atoms with E-state index < -0.39 is 5.91 Å². The Morgan fingerprint density at radius 1 is 1.25 bits per heavy atom. The van der Waals surface area contributed by atoms with Crippen LogP contribution in [-0.4, -0.2) is 33.5 Å². The number of nitrogens with zero attached hydrogens (tertiary/aromatic N) is 4. The minimum Gasteiger partial charge on any atom is -0.377 e. The number of carbonyl (C=O) groups excluding carboxylic acids is 1. The van der Waals surface area contributed by atoms with Crippen LogP contribution < -0.4 is 21.5 Å². The zero-order valence-corrected chi connectivity index (χ0v) is 19.0. The zero-order valence-electron chi connectivity index (χ0n) is 18.2. The summed E-state index contributed by atoms with van der Waals surface area (Å²) in [7, 11) is 1.79. The highest BCUT2D eigenvalue weighted by Gasteiger charge is 2.46. The molecule has 2 fully saturated rings. The van der Waals surface area contributed by atoms with Gasteiger partial charge in [-0.25, -0.2) is 9.97 Å². The number of nitrogens with two attached hydrogens (primary N) is 1. The van der Waals surface area contributed by atoms with Gasteiger partial charge in [0.25, 0.3) is 11.5 Å². The third kappa shape index (κ3) is 3.48. The lowest BCUT2D eigenvalue weighted by Crippen LogP contribution is -2.31. The fourth-order valence-electron chi connectivity index (χ4n) is 4.77. The summed E-state index contributed by atoms with van der Waals surface area (Å²) >= 11 is 5.94. The van der Waals surface area contributed by atoms with Crippen molar-refractivity contribution in [1.82, 2.24) is 14.5 Å². The van der Waals surface area contributed by atoms with Crippen LogP contribution in [0.25, 0.3) is 10.9 Å². The van der Waals surface area contributed by atoms with E-state index in [4.69, 9.17) is 22.3 Å². The van der Waals surface area contributed by atoms with E-state index in [2.05, 4.69) is 15.2 Å². The standard InChI is InChI=1S/C23H25ClN6O2/c1-11-6-15(12(2)26-17-4-5-18(24)27-20(17)21(25)31)19-16(7-11)22(32)29(3)23(28-19)30-9-13-8-14(13)10-30/h4-7,12-14,26H,8-10H2,1-3H3,(H2,25,31)/t12-,13?,14?/m0/s1. The van der Waals surface area contributed by atoms with Gasteiger partial charge in [-0.05, 0) is 55.9 Å². The lowest BCUT2D eigenvalue weighted by atomic mass is 10.0. The van der Waals surface area contributed by atoms with Crippen LogP contribution in [0, 0.1) is 18.8 Å². The molecule has 1 amide bonds. The minimum absolute atomic E-state index is 0.0614. The molecule has 32 heavy (non-hydrogen) atoms. The molecule has 0 spiro atoms. The molecule has 8 nitrogen and oxygen atoms in total. The van der Waals surface area contributed by atoms with Crippen LogP contribution in [0.5, 0.6) is 0 Å². The average Bonchev–Trinajstić information content (AvgIpc) is 3.36. The number of rotatable bonds is 5. The van der Waals surface area contributed by atoms with Gasteiger partial charge in [0.05, 0.1) is 22.6 Å². The molecule has 3 aromatic rings. The van der Waals surface area contributed by atoms with E-state index in [0.717, 1.165) is 36.1 Å². The molecular formula is C23H25ClN6O2. The second-order valence-electron chi connectivity index (χ2n) is 8.95. The first-order chi connectivity index (χ1) is 15.2. The predicted octanol–water partition coefficient (Wildman–Crippen LogP) is 3.02. The highest BCUT2D eigenvalue weighted by Crippen LogP contribution is 2.46. The molecule has 1 saturated heterocycles. The maximum atomic E-state index is 13.3. The number of carbonyl (C=O) groups is 1. The van der Waals surface area contributed by atoms with Gasteiger partial charge in [-0.1, -0.05) is 17.7 Å². The summed E-state index contributed by atoms with van der Waals surface area (Å²) in [6.07, 6.45) is 1.28. The van der Waals surface area contributed by atoms with E-state index in [1.807, 2.05) is 26.0 Å². The largest absolute Gasteiger partial charge is 0.377 e. The molecular weight excluding hydrogens is 428 g/mol. The third-order valence-electron chi connectivity index (χ3n) is 6.53. The second kappa shape index (κ2) is 7.48. The number of hydrogen-bond acceptors (Lipinski definition) is 6. The Balaban J connectivity index is 1.60. The summed E-state index contributed by atoms with van der Waals surface area (Å²) in [6, 6.07) is 6.91. The quantitative estimate of drug-likeness (QED) is 0.576. The number of aryl methyl sites for hydroxylation is 1. The summed E-state index contributed by atoms with van der Waals surface area (Å²) in [4.78, 5) is 36.4. The average molecular weight is 453 g/mol. The summed E-state index contributed by atoms with van der Waals surface area (Å²) in [5.74, 6) is 1.49. The zero-order chi connectivity index (χ0) is 22.7. The first-order valence-electron chi connectivity index (χ1n) is 10.7. The molecule has 0 bridgehead atoms. The Morgan fingerprint density at radius 3 is 2.66 bits per heavy atom. The van der Waals surface area contributed by atoms with E-state index in [1.54, 1.807) is 23.7 Å². The Hall–Kier alpha value is -3.13. The molecule has 2 aliphatic rings. The fraction of sp³-hybridized carbons (Fsp3) is 0.391. The number of hydrogen-bond donors (Lipinski definition) is 2. The van der Waals surface area contributed by atoms with E-state index >= 15 is 0 Å². The van der Waals surface area contributed by atoms with Crippen LogP contribution >= 0.6 is 11.6 Å². The van der Waals surface area contributed by atoms with Crippen LogP contribution in [0.15, 0.2) is 29.1 Å². The van der Waals surface area contributed by atoms with Gasteiger partial charge in [-0.3, -0.25) is 14.2 Å². The molecule has 1 aliphatic carbocycles. The van der Waals surface area contributed by atoms with Gasteiger partial charge in [-0.2, -0.15) is 0 Å². The van der Waals surface area contributed by atoms with Gasteiger partial charge in [0.15, 0.2) is 5.69 Å². The van der Waals surface area contributed by atoms with Crippen LogP contribution in [0.2, 0.25) is 5.15 Å². The number of halogens is 1. The summed E-state index contributed by atoms with van der Waals surface area (Å²) in [5.41, 5.74) is 8.47. The second-order valence-corrected chi connectivity index (χ2v) is 9.33. The summed E-state index contributed by atoms with van der Waals surface area (Å²) in [5, 5.41) is 4.08. The number of benzene rings is 1. The molecule has 1 aromatic carbocycles. The van der Waals surface area contributed by atoms with Gasteiger partial charge in [0.2, 0.25) is 5.95 Å². The van der Waals surface area contributed by atoms with Gasteiger partial charge in [0.1, 0.15) is 5.15 Å². The van der Waals surface area contributed by atoms with Gasteiger partial charge >= 0.3 is 0 Å². The Labute approximate surface area is 190 Å². The van der Waals surface area contributed by atoms with Crippen LogP contribution in [0.4, 0.5) is 11.6 Å². The summed E-state index contributed by atoms with van der Waals surface area (Å²) in [6.45, 7) is 5.81. The number of fused-ring (bicyclic) bond motifs is 2. The van der Waals surface area contributed by atoms with Crippen LogP contribution in [-0.2, 0) is 7.05 Å². The number of aromatic nitrogens is 3. The maximum absolute atomic E-state index is 13.3. The smallest absolute Gasteiger partial charge is 0.269 e. The van der Waals surface area contributed by atoms with Crippen molar-refractivity contribution in [3.05, 3.63) is 56.6 Å². The van der Waals surface area contributed by atoms with Crippen molar-refractivity contribution < 1.29 is 4.79 Å². The lowest BCUT2D eigenvalue weighted by molar-refractivity contribution is 0.0996. The maximum Gasteiger partial charge on any atom is 0.269 e. The van der Waals surface area contributed by atoms with Crippen molar-refractivity contribution in [2.45, 2.75) is 26.3 Å². The highest BCUT2D eigenvalue weighted by atomic mass is 35.5. The number of pyridine rings is 1. The highest BCUT2D eigenvalue weighted by molar-refractivity contribution is 6.29. The van der Waals surface area contributed by atoms with Crippen molar-refractivity contribution in [3.8, 4) is 0 Å². The molecule has 2 unspecified atom stereocenters. The summed E-state index contributed by atoms with van der Waals surface area (Å²) < 4.78 is 1.66. The Kier molecular flexibility index (Phi) is 4.85. The van der Waals surface area contributed by atoms with Gasteiger partial charge in [-0.15, -0.1) is 0 Å². The van der Waals surface area contributed by atoms with Crippen LogP contribution in [0.1, 0.15) is 41.0 Å². The number of nitrogens with one attached hydrogen (secondary N) is 1. The topological polar surface area (TPSA) is 106 Å². The van der Waals surface area contributed by atoms with E-state index in [-0.39, 0.29) is 22.4 Å². The predicted molar refractivity (Wildman–Crippen MR) is 125 cm³/mol. The molecule has 1 saturated carbocycles. The van der Waals surface area contributed by atoms with Crippen molar-refractivity contribution >= 4 is 40.0 Å². The molecule has 0 radical (unpaired) electrons. The molecule has 2 aromatic heterocycles.